The van der Waals surface area contributed by atoms with Crippen molar-refractivity contribution in [3.63, 3.8) is 0 Å². The fourth-order valence-electron chi connectivity index (χ4n) is 3.48. The number of carbonyl (C=O) groups excluding carboxylic acids is 2. The summed E-state index contributed by atoms with van der Waals surface area (Å²) in [6, 6.07) is 18.1. The number of hydrogen-bond donors (Lipinski definition) is 2. The standard InChI is InChI=1S/C24H28N2O3/c1-3-18(19-9-5-4-6-10-19)15-26-24(28)17(2)29-23(27)14-13-20-16-25-22-12-8-7-11-21(20)22/h4-12,16-18,25H,3,13-15H2,1-2H3,(H,26,28)/t17-,18-/m0/s1. The molecule has 3 rings (SSSR count). The van der Waals surface area contributed by atoms with Crippen LogP contribution < -0.4 is 5.32 Å². The van der Waals surface area contributed by atoms with Gasteiger partial charge >= 0.3 is 5.97 Å². The number of benzene rings is 2. The van der Waals surface area contributed by atoms with Gasteiger partial charge < -0.3 is 15.0 Å². The molecule has 3 aromatic rings. The van der Waals surface area contributed by atoms with Gasteiger partial charge in [-0.1, -0.05) is 55.5 Å². The van der Waals surface area contributed by atoms with Gasteiger partial charge in [0.05, 0.1) is 0 Å². The number of para-hydroxylation sites is 1. The SMILES string of the molecule is CC[C@@H](CNC(=O)[C@H](C)OC(=O)CCc1c[nH]c2ccccc12)c1ccccc1. The van der Waals surface area contributed by atoms with Crippen molar-refractivity contribution in [2.75, 3.05) is 6.54 Å². The van der Waals surface area contributed by atoms with E-state index in [2.05, 4.69) is 29.4 Å². The fraction of sp³-hybridized carbons (Fsp3) is 0.333. The molecule has 0 spiro atoms. The minimum Gasteiger partial charge on any atom is -0.453 e. The highest BCUT2D eigenvalue weighted by atomic mass is 16.5. The minimum atomic E-state index is -0.807. The molecular formula is C24H28N2O3. The summed E-state index contributed by atoms with van der Waals surface area (Å²) in [6.07, 6.45) is 2.84. The molecule has 0 unspecified atom stereocenters. The molecule has 2 N–H and O–H groups in total. The summed E-state index contributed by atoms with van der Waals surface area (Å²) < 4.78 is 5.33. The summed E-state index contributed by atoms with van der Waals surface area (Å²) in [5, 5.41) is 4.02. The monoisotopic (exact) mass is 392 g/mol. The predicted octanol–water partition coefficient (Wildman–Crippen LogP) is 4.34. The van der Waals surface area contributed by atoms with Crippen LogP contribution in [0, 0.1) is 0 Å². The van der Waals surface area contributed by atoms with Crippen LogP contribution in [-0.2, 0) is 20.7 Å². The third kappa shape index (κ3) is 5.47. The van der Waals surface area contributed by atoms with Crippen LogP contribution in [0.2, 0.25) is 0 Å². The number of hydrogen-bond acceptors (Lipinski definition) is 3. The molecule has 0 saturated carbocycles. The normalized spacial score (nSPS) is 13.0. The molecule has 0 radical (unpaired) electrons. The van der Waals surface area contributed by atoms with Crippen molar-refractivity contribution in [2.45, 2.75) is 45.1 Å². The highest BCUT2D eigenvalue weighted by Gasteiger charge is 2.19. The lowest BCUT2D eigenvalue weighted by atomic mass is 9.96. The summed E-state index contributed by atoms with van der Waals surface area (Å²) in [6.45, 7) is 4.23. The van der Waals surface area contributed by atoms with E-state index in [0.29, 0.717) is 13.0 Å². The van der Waals surface area contributed by atoms with Crippen LogP contribution in [0.15, 0.2) is 60.8 Å². The van der Waals surface area contributed by atoms with Gasteiger partial charge in [-0.3, -0.25) is 9.59 Å². The maximum atomic E-state index is 12.3. The van der Waals surface area contributed by atoms with Crippen molar-refractivity contribution in [1.29, 1.82) is 0 Å². The third-order valence-corrected chi connectivity index (χ3v) is 5.24. The molecule has 0 fully saturated rings. The zero-order valence-electron chi connectivity index (χ0n) is 17.0. The Hall–Kier alpha value is -3.08. The second-order valence-corrected chi connectivity index (χ2v) is 7.25. The lowest BCUT2D eigenvalue weighted by molar-refractivity contribution is -0.154. The molecule has 0 saturated heterocycles. The van der Waals surface area contributed by atoms with E-state index in [9.17, 15) is 9.59 Å². The van der Waals surface area contributed by atoms with Crippen LogP contribution in [0.5, 0.6) is 0 Å². The van der Waals surface area contributed by atoms with E-state index in [0.717, 1.165) is 22.9 Å². The summed E-state index contributed by atoms with van der Waals surface area (Å²) >= 11 is 0. The predicted molar refractivity (Wildman–Crippen MR) is 115 cm³/mol. The van der Waals surface area contributed by atoms with Crippen LogP contribution in [-0.4, -0.2) is 29.5 Å². The van der Waals surface area contributed by atoms with E-state index in [1.807, 2.05) is 48.7 Å². The molecule has 2 aromatic carbocycles. The van der Waals surface area contributed by atoms with E-state index < -0.39 is 6.10 Å². The first-order valence-electron chi connectivity index (χ1n) is 10.2. The smallest absolute Gasteiger partial charge is 0.306 e. The lowest BCUT2D eigenvalue weighted by Gasteiger charge is -2.18. The molecule has 0 bridgehead atoms. The van der Waals surface area contributed by atoms with Crippen molar-refractivity contribution >= 4 is 22.8 Å². The zero-order valence-corrected chi connectivity index (χ0v) is 17.0. The van der Waals surface area contributed by atoms with E-state index in [4.69, 9.17) is 4.74 Å². The lowest BCUT2D eigenvalue weighted by Crippen LogP contribution is -2.38. The number of amides is 1. The Labute approximate surface area is 171 Å². The first-order chi connectivity index (χ1) is 14.1. The summed E-state index contributed by atoms with van der Waals surface area (Å²) in [4.78, 5) is 27.7. The second-order valence-electron chi connectivity index (χ2n) is 7.25. The second kappa shape index (κ2) is 9.92. The molecule has 0 aliphatic heterocycles. The zero-order chi connectivity index (χ0) is 20.6. The van der Waals surface area contributed by atoms with Crippen molar-refractivity contribution in [3.8, 4) is 0 Å². The maximum Gasteiger partial charge on any atom is 0.306 e. The Balaban J connectivity index is 1.45. The van der Waals surface area contributed by atoms with Crippen LogP contribution in [0.25, 0.3) is 10.9 Å². The average Bonchev–Trinajstić information content (AvgIpc) is 3.16. The van der Waals surface area contributed by atoms with Gasteiger partial charge in [0, 0.05) is 36.0 Å². The van der Waals surface area contributed by atoms with Crippen molar-refractivity contribution < 1.29 is 14.3 Å². The van der Waals surface area contributed by atoms with Crippen molar-refractivity contribution in [2.24, 2.45) is 0 Å². The molecule has 1 aromatic heterocycles. The number of carbonyl (C=O) groups is 2. The van der Waals surface area contributed by atoms with Gasteiger partial charge in [-0.05, 0) is 37.0 Å². The van der Waals surface area contributed by atoms with Gasteiger partial charge in [-0.25, -0.2) is 0 Å². The third-order valence-electron chi connectivity index (χ3n) is 5.24. The molecule has 29 heavy (non-hydrogen) atoms. The Morgan fingerprint density at radius 2 is 1.79 bits per heavy atom. The number of H-pyrrole nitrogens is 1. The summed E-state index contributed by atoms with van der Waals surface area (Å²) in [7, 11) is 0. The van der Waals surface area contributed by atoms with E-state index in [1.54, 1.807) is 6.92 Å². The molecule has 2 atom stereocenters. The first kappa shape index (κ1) is 20.6. The largest absolute Gasteiger partial charge is 0.453 e. The number of fused-ring (bicyclic) bond motifs is 1. The highest BCUT2D eigenvalue weighted by molar-refractivity contribution is 5.85. The van der Waals surface area contributed by atoms with Gasteiger partial charge in [0.25, 0.3) is 5.91 Å². The van der Waals surface area contributed by atoms with Crippen LogP contribution >= 0.6 is 0 Å². The molecule has 5 nitrogen and oxygen atoms in total. The van der Waals surface area contributed by atoms with Crippen LogP contribution in [0.4, 0.5) is 0 Å². The Kier molecular flexibility index (Phi) is 7.06. The summed E-state index contributed by atoms with van der Waals surface area (Å²) in [5.41, 5.74) is 3.31. The number of esters is 1. The van der Waals surface area contributed by atoms with E-state index >= 15 is 0 Å². The van der Waals surface area contributed by atoms with Crippen molar-refractivity contribution in [3.05, 3.63) is 71.9 Å². The molecule has 1 amide bonds. The summed E-state index contributed by atoms with van der Waals surface area (Å²) in [5.74, 6) is -0.391. The number of aromatic amines is 1. The number of nitrogens with one attached hydrogen (secondary N) is 2. The van der Waals surface area contributed by atoms with Gasteiger partial charge in [-0.2, -0.15) is 0 Å². The first-order valence-corrected chi connectivity index (χ1v) is 10.2. The molecule has 0 aliphatic rings. The molecule has 1 heterocycles. The maximum absolute atomic E-state index is 12.3. The molecule has 5 heteroatoms. The Bertz CT molecular complexity index is 949. The molecule has 152 valence electrons. The Morgan fingerprint density at radius 3 is 2.55 bits per heavy atom. The van der Waals surface area contributed by atoms with Gasteiger partial charge in [0.1, 0.15) is 0 Å². The van der Waals surface area contributed by atoms with E-state index in [-0.39, 0.29) is 24.2 Å². The Morgan fingerprint density at radius 1 is 1.07 bits per heavy atom. The topological polar surface area (TPSA) is 71.2 Å². The minimum absolute atomic E-state index is 0.237. The number of rotatable bonds is 9. The van der Waals surface area contributed by atoms with Crippen molar-refractivity contribution in [1.82, 2.24) is 10.3 Å². The number of ether oxygens (including phenoxy) is 1. The quantitative estimate of drug-likeness (QED) is 0.532. The van der Waals surface area contributed by atoms with Gasteiger partial charge in [-0.15, -0.1) is 0 Å². The average molecular weight is 392 g/mol. The van der Waals surface area contributed by atoms with Gasteiger partial charge in [0.2, 0.25) is 0 Å². The van der Waals surface area contributed by atoms with Crippen LogP contribution in [0.3, 0.4) is 0 Å². The van der Waals surface area contributed by atoms with Crippen LogP contribution in [0.1, 0.15) is 43.7 Å². The molecule has 0 aliphatic carbocycles. The van der Waals surface area contributed by atoms with Gasteiger partial charge in [0.15, 0.2) is 6.10 Å². The number of aromatic nitrogens is 1. The fourth-order valence-corrected chi connectivity index (χ4v) is 3.48. The molecular weight excluding hydrogens is 364 g/mol. The highest BCUT2D eigenvalue weighted by Crippen LogP contribution is 2.20. The number of aryl methyl sites for hydroxylation is 1. The van der Waals surface area contributed by atoms with E-state index in [1.165, 1.54) is 5.56 Å².